The molecule has 1 aliphatic heterocycles. The zero-order valence-electron chi connectivity index (χ0n) is 10.5. The van der Waals surface area contributed by atoms with E-state index in [1.165, 1.54) is 11.5 Å². The maximum Gasteiger partial charge on any atom is 0.335 e. The number of carboxylic acid groups (broad SMARTS) is 1. The van der Waals surface area contributed by atoms with Crippen molar-refractivity contribution in [3.63, 3.8) is 0 Å². The molecule has 0 saturated carbocycles. The van der Waals surface area contributed by atoms with E-state index in [2.05, 4.69) is 14.5 Å². The highest BCUT2D eigenvalue weighted by molar-refractivity contribution is 7.10. The molecule has 1 aromatic heterocycles. The second-order valence-corrected chi connectivity index (χ2v) is 6.06. The maximum atomic E-state index is 11.2. The lowest BCUT2D eigenvalue weighted by Gasteiger charge is -2.28. The predicted octanol–water partition coefficient (Wildman–Crippen LogP) is 2.45. The first-order valence-electron chi connectivity index (χ1n) is 6.18. The fourth-order valence-corrected chi connectivity index (χ4v) is 3.12. The molecular formula is C13H12ClN3O2S. The minimum absolute atomic E-state index is 0.413. The van der Waals surface area contributed by atoms with Gasteiger partial charge >= 0.3 is 5.97 Å². The van der Waals surface area contributed by atoms with Crippen molar-refractivity contribution in [3.8, 4) is 0 Å². The van der Waals surface area contributed by atoms with E-state index in [0.717, 1.165) is 29.8 Å². The number of aromatic nitrogens is 2. The summed E-state index contributed by atoms with van der Waals surface area (Å²) < 4.78 is 4.44. The molecule has 3 rings (SSSR count). The van der Waals surface area contributed by atoms with Crippen molar-refractivity contribution in [1.29, 1.82) is 0 Å². The number of hydrogen-bond acceptors (Lipinski definition) is 5. The van der Waals surface area contributed by atoms with Crippen LogP contribution in [0.5, 0.6) is 0 Å². The lowest BCUT2D eigenvalue weighted by molar-refractivity contribution is 0.0694. The Morgan fingerprint density at radius 1 is 1.50 bits per heavy atom. The summed E-state index contributed by atoms with van der Waals surface area (Å²) in [5.74, 6) is -0.859. The van der Waals surface area contributed by atoms with Gasteiger partial charge in [-0.05, 0) is 23.6 Å². The Morgan fingerprint density at radius 3 is 3.05 bits per heavy atom. The molecule has 1 aromatic carbocycles. The minimum Gasteiger partial charge on any atom is -0.478 e. The Bertz CT molecular complexity index is 659. The molecule has 1 aliphatic rings. The lowest BCUT2D eigenvalue weighted by atomic mass is 9.94. The molecule has 1 N–H and O–H groups in total. The third-order valence-electron chi connectivity index (χ3n) is 3.46. The Hall–Kier alpha value is -1.50. The van der Waals surface area contributed by atoms with Crippen LogP contribution in [-0.4, -0.2) is 32.1 Å². The molecule has 0 amide bonds. The van der Waals surface area contributed by atoms with E-state index in [1.807, 2.05) is 6.07 Å². The normalized spacial score (nSPS) is 15.1. The van der Waals surface area contributed by atoms with Gasteiger partial charge in [-0.3, -0.25) is 4.90 Å². The molecular weight excluding hydrogens is 298 g/mol. The van der Waals surface area contributed by atoms with Crippen LogP contribution in [0.3, 0.4) is 0 Å². The summed E-state index contributed by atoms with van der Waals surface area (Å²) in [7, 11) is 0. The highest BCUT2D eigenvalue weighted by Gasteiger charge is 2.22. The van der Waals surface area contributed by atoms with Crippen molar-refractivity contribution < 1.29 is 9.90 Å². The monoisotopic (exact) mass is 309 g/mol. The number of benzene rings is 1. The molecule has 0 spiro atoms. The smallest absolute Gasteiger partial charge is 0.335 e. The molecule has 7 heteroatoms. The fourth-order valence-electron chi connectivity index (χ4n) is 2.51. The summed E-state index contributed by atoms with van der Waals surface area (Å²) in [6, 6.07) is 5.44. The summed E-state index contributed by atoms with van der Waals surface area (Å²) in [6.07, 6.45) is 0.729. The molecule has 0 unspecified atom stereocenters. The SMILES string of the molecule is O=C(O)c1cccc2c1CCN(Cc1nnsc1Cl)C2. The number of hydrogen-bond donors (Lipinski definition) is 1. The molecule has 0 aliphatic carbocycles. The molecule has 0 saturated heterocycles. The first-order valence-corrected chi connectivity index (χ1v) is 7.33. The van der Waals surface area contributed by atoms with E-state index >= 15 is 0 Å². The van der Waals surface area contributed by atoms with Crippen LogP contribution in [-0.2, 0) is 19.5 Å². The van der Waals surface area contributed by atoms with E-state index in [4.69, 9.17) is 11.6 Å². The van der Waals surface area contributed by atoms with Gasteiger partial charge in [-0.1, -0.05) is 28.2 Å². The zero-order chi connectivity index (χ0) is 14.1. The number of nitrogens with zero attached hydrogens (tertiary/aromatic N) is 3. The maximum absolute atomic E-state index is 11.2. The van der Waals surface area contributed by atoms with Gasteiger partial charge in [-0.15, -0.1) is 5.10 Å². The standard InChI is InChI=1S/C13H12ClN3O2S/c14-12-11(15-16-20-12)7-17-5-4-9-8(6-17)2-1-3-10(9)13(18)19/h1-3H,4-7H2,(H,18,19). The average Bonchev–Trinajstić information content (AvgIpc) is 2.83. The minimum atomic E-state index is -0.859. The van der Waals surface area contributed by atoms with Crippen LogP contribution < -0.4 is 0 Å². The van der Waals surface area contributed by atoms with Gasteiger partial charge < -0.3 is 5.11 Å². The van der Waals surface area contributed by atoms with Crippen molar-refractivity contribution in [2.24, 2.45) is 0 Å². The third-order valence-corrected chi connectivity index (χ3v) is 4.44. The van der Waals surface area contributed by atoms with E-state index in [9.17, 15) is 9.90 Å². The summed E-state index contributed by atoms with van der Waals surface area (Å²) in [6.45, 7) is 2.15. The molecule has 104 valence electrons. The van der Waals surface area contributed by atoms with Crippen LogP contribution in [0, 0.1) is 0 Å². The summed E-state index contributed by atoms with van der Waals surface area (Å²) in [5.41, 5.74) is 3.21. The van der Waals surface area contributed by atoms with Gasteiger partial charge in [0.05, 0.1) is 5.56 Å². The Kier molecular flexibility index (Phi) is 3.69. The Morgan fingerprint density at radius 2 is 2.35 bits per heavy atom. The van der Waals surface area contributed by atoms with Gasteiger partial charge in [0.2, 0.25) is 0 Å². The number of halogens is 1. The number of rotatable bonds is 3. The van der Waals surface area contributed by atoms with Gasteiger partial charge in [0.1, 0.15) is 10.0 Å². The molecule has 0 radical (unpaired) electrons. The second kappa shape index (κ2) is 5.47. The largest absolute Gasteiger partial charge is 0.478 e. The summed E-state index contributed by atoms with van der Waals surface area (Å²) in [5, 5.41) is 13.2. The van der Waals surface area contributed by atoms with Crippen molar-refractivity contribution >= 4 is 29.1 Å². The number of fused-ring (bicyclic) bond motifs is 1. The first-order chi connectivity index (χ1) is 9.65. The Labute approximate surface area is 125 Å². The van der Waals surface area contributed by atoms with Crippen LogP contribution in [0.1, 0.15) is 27.2 Å². The number of aromatic carboxylic acids is 1. The van der Waals surface area contributed by atoms with E-state index in [1.54, 1.807) is 12.1 Å². The van der Waals surface area contributed by atoms with Gasteiger partial charge in [0.15, 0.2) is 0 Å². The van der Waals surface area contributed by atoms with E-state index < -0.39 is 5.97 Å². The van der Waals surface area contributed by atoms with Crippen molar-refractivity contribution in [2.75, 3.05) is 6.54 Å². The van der Waals surface area contributed by atoms with Crippen LogP contribution >= 0.6 is 23.1 Å². The number of carbonyl (C=O) groups is 1. The van der Waals surface area contributed by atoms with E-state index in [-0.39, 0.29) is 0 Å². The van der Waals surface area contributed by atoms with Crippen LogP contribution in [0.4, 0.5) is 0 Å². The Balaban J connectivity index is 1.81. The van der Waals surface area contributed by atoms with Crippen molar-refractivity contribution in [2.45, 2.75) is 19.5 Å². The average molecular weight is 310 g/mol. The second-order valence-electron chi connectivity index (χ2n) is 4.70. The van der Waals surface area contributed by atoms with Crippen LogP contribution in [0.2, 0.25) is 4.34 Å². The zero-order valence-corrected chi connectivity index (χ0v) is 12.1. The summed E-state index contributed by atoms with van der Waals surface area (Å²) in [4.78, 5) is 13.4. The van der Waals surface area contributed by atoms with Gasteiger partial charge in [-0.2, -0.15) is 0 Å². The van der Waals surface area contributed by atoms with Crippen molar-refractivity contribution in [3.05, 3.63) is 44.9 Å². The van der Waals surface area contributed by atoms with Crippen LogP contribution in [0.25, 0.3) is 0 Å². The highest BCUT2D eigenvalue weighted by atomic mass is 35.5. The number of carboxylic acids is 1. The molecule has 5 nitrogen and oxygen atoms in total. The molecule has 0 fully saturated rings. The molecule has 0 atom stereocenters. The van der Waals surface area contributed by atoms with Crippen LogP contribution in [0.15, 0.2) is 18.2 Å². The fraction of sp³-hybridized carbons (Fsp3) is 0.308. The molecule has 2 aromatic rings. The highest BCUT2D eigenvalue weighted by Crippen LogP contribution is 2.25. The van der Waals surface area contributed by atoms with Gasteiger partial charge in [0, 0.05) is 31.2 Å². The first kappa shape index (κ1) is 13.5. The lowest BCUT2D eigenvalue weighted by Crippen LogP contribution is -2.31. The third kappa shape index (κ3) is 2.54. The molecule has 20 heavy (non-hydrogen) atoms. The van der Waals surface area contributed by atoms with E-state index in [0.29, 0.717) is 23.0 Å². The molecule has 0 bridgehead atoms. The summed E-state index contributed by atoms with van der Waals surface area (Å²) >= 11 is 7.20. The predicted molar refractivity (Wildman–Crippen MR) is 76.1 cm³/mol. The topological polar surface area (TPSA) is 66.3 Å². The van der Waals surface area contributed by atoms with Gasteiger partial charge in [-0.25, -0.2) is 4.79 Å². The van der Waals surface area contributed by atoms with Crippen molar-refractivity contribution in [1.82, 2.24) is 14.5 Å². The van der Waals surface area contributed by atoms with Gasteiger partial charge in [0.25, 0.3) is 0 Å². The molecule has 2 heterocycles. The quantitative estimate of drug-likeness (QED) is 0.943.